The van der Waals surface area contributed by atoms with Crippen molar-refractivity contribution in [2.75, 3.05) is 6.54 Å². The molecule has 0 spiro atoms. The van der Waals surface area contributed by atoms with E-state index in [1.807, 2.05) is 17.0 Å². The number of amides is 1. The molecule has 0 radical (unpaired) electrons. The third-order valence-corrected chi connectivity index (χ3v) is 4.84. The van der Waals surface area contributed by atoms with Gasteiger partial charge in [0.1, 0.15) is 5.82 Å². The van der Waals surface area contributed by atoms with E-state index < -0.39 is 0 Å². The number of halogens is 1. The summed E-state index contributed by atoms with van der Waals surface area (Å²) in [6, 6.07) is 14.4. The fraction of sp³-hybridized carbons (Fsp3) is 0.238. The highest BCUT2D eigenvalue weighted by Crippen LogP contribution is 2.25. The van der Waals surface area contributed by atoms with E-state index in [-0.39, 0.29) is 11.7 Å². The minimum atomic E-state index is -0.296. The minimum absolute atomic E-state index is 0.130. The number of hydrogen-bond donors (Lipinski definition) is 0. The molecule has 4 nitrogen and oxygen atoms in total. The number of nitrogens with zero attached hydrogens (tertiary/aromatic N) is 2. The van der Waals surface area contributed by atoms with E-state index in [2.05, 4.69) is 17.3 Å². The summed E-state index contributed by atoms with van der Waals surface area (Å²) < 4.78 is 18.4. The summed E-state index contributed by atoms with van der Waals surface area (Å²) in [6.45, 7) is 1.42. The van der Waals surface area contributed by atoms with Crippen LogP contribution in [-0.2, 0) is 24.2 Å². The van der Waals surface area contributed by atoms with Crippen molar-refractivity contribution in [3.05, 3.63) is 77.2 Å². The number of rotatable bonds is 4. The summed E-state index contributed by atoms with van der Waals surface area (Å²) in [7, 11) is 0. The van der Waals surface area contributed by atoms with Gasteiger partial charge in [-0.25, -0.2) is 4.39 Å². The van der Waals surface area contributed by atoms with Gasteiger partial charge in [-0.2, -0.15) is 0 Å². The Hall–Kier alpha value is -2.95. The van der Waals surface area contributed by atoms with Gasteiger partial charge < -0.3 is 9.42 Å². The average Bonchev–Trinajstić information content (AvgIpc) is 3.15. The van der Waals surface area contributed by atoms with Crippen LogP contribution in [0.3, 0.4) is 0 Å². The normalized spacial score (nSPS) is 13.5. The highest BCUT2D eigenvalue weighted by molar-refractivity contribution is 5.77. The quantitative estimate of drug-likeness (QED) is 0.714. The molecule has 132 valence electrons. The molecule has 0 bridgehead atoms. The van der Waals surface area contributed by atoms with Crippen molar-refractivity contribution in [3.8, 4) is 11.3 Å². The van der Waals surface area contributed by atoms with Crippen molar-refractivity contribution in [1.82, 2.24) is 10.1 Å². The Morgan fingerprint density at radius 1 is 1.12 bits per heavy atom. The summed E-state index contributed by atoms with van der Waals surface area (Å²) in [5, 5.41) is 3.85. The largest absolute Gasteiger partial charge is 0.356 e. The van der Waals surface area contributed by atoms with Gasteiger partial charge in [0.25, 0.3) is 0 Å². The second-order valence-corrected chi connectivity index (χ2v) is 6.52. The zero-order chi connectivity index (χ0) is 17.9. The van der Waals surface area contributed by atoms with Crippen LogP contribution in [0.2, 0.25) is 0 Å². The molecule has 2 aromatic carbocycles. The van der Waals surface area contributed by atoms with Gasteiger partial charge >= 0.3 is 0 Å². The number of carbonyl (C=O) groups excluding carboxylic acids is 1. The molecular weight excluding hydrogens is 331 g/mol. The molecule has 0 unspecified atom stereocenters. The molecule has 0 saturated heterocycles. The molecule has 1 aromatic heterocycles. The third kappa shape index (κ3) is 3.38. The first-order valence-corrected chi connectivity index (χ1v) is 8.75. The van der Waals surface area contributed by atoms with Gasteiger partial charge in [-0.1, -0.05) is 29.4 Å². The molecule has 3 aromatic rings. The molecule has 0 aliphatic carbocycles. The molecule has 2 heterocycles. The van der Waals surface area contributed by atoms with Crippen LogP contribution in [0.5, 0.6) is 0 Å². The highest BCUT2D eigenvalue weighted by Gasteiger charge is 2.21. The number of aryl methyl sites for hydroxylation is 1. The van der Waals surface area contributed by atoms with E-state index in [0.29, 0.717) is 25.1 Å². The first kappa shape index (κ1) is 16.5. The Labute approximate surface area is 151 Å². The van der Waals surface area contributed by atoms with Gasteiger partial charge in [-0.05, 0) is 48.2 Å². The molecule has 1 aliphatic rings. The fourth-order valence-corrected chi connectivity index (χ4v) is 3.39. The second kappa shape index (κ2) is 7.12. The monoisotopic (exact) mass is 350 g/mol. The summed E-state index contributed by atoms with van der Waals surface area (Å²) in [6.07, 6.45) is 3.48. The maximum Gasteiger partial charge on any atom is 0.223 e. The van der Waals surface area contributed by atoms with Gasteiger partial charge in [0.05, 0.1) is 6.20 Å². The second-order valence-electron chi connectivity index (χ2n) is 6.52. The highest BCUT2D eigenvalue weighted by atomic mass is 19.1. The van der Waals surface area contributed by atoms with Gasteiger partial charge in [0.2, 0.25) is 5.91 Å². The lowest BCUT2D eigenvalue weighted by molar-refractivity contribution is -0.132. The predicted molar refractivity (Wildman–Crippen MR) is 95.8 cm³/mol. The standard InChI is InChI=1S/C21H19FN2O2/c22-19-8-5-16(6-9-19)21-17(13-23-26-21)7-10-20(25)24-12-11-15-3-1-2-4-18(15)14-24/h1-6,8-9,13H,7,10-12,14H2. The van der Waals surface area contributed by atoms with Crippen molar-refractivity contribution in [1.29, 1.82) is 0 Å². The Morgan fingerprint density at radius 3 is 2.69 bits per heavy atom. The topological polar surface area (TPSA) is 46.3 Å². The van der Waals surface area contributed by atoms with Crippen LogP contribution < -0.4 is 0 Å². The fourth-order valence-electron chi connectivity index (χ4n) is 3.39. The van der Waals surface area contributed by atoms with Crippen molar-refractivity contribution in [3.63, 3.8) is 0 Å². The maximum atomic E-state index is 13.1. The molecule has 0 fully saturated rings. The van der Waals surface area contributed by atoms with Crippen LogP contribution >= 0.6 is 0 Å². The smallest absolute Gasteiger partial charge is 0.223 e. The maximum absolute atomic E-state index is 13.1. The minimum Gasteiger partial charge on any atom is -0.356 e. The van der Waals surface area contributed by atoms with E-state index in [1.54, 1.807) is 18.3 Å². The molecule has 4 rings (SSSR count). The Kier molecular flexibility index (Phi) is 4.52. The molecule has 0 atom stereocenters. The van der Waals surface area contributed by atoms with Crippen LogP contribution in [-0.4, -0.2) is 22.5 Å². The first-order valence-electron chi connectivity index (χ1n) is 8.75. The SMILES string of the molecule is O=C(CCc1cnoc1-c1ccc(F)cc1)N1CCc2ccccc2C1. The first-order chi connectivity index (χ1) is 12.7. The van der Waals surface area contributed by atoms with Gasteiger partial charge in [0, 0.05) is 30.6 Å². The van der Waals surface area contributed by atoms with E-state index in [1.165, 1.54) is 23.3 Å². The molecule has 5 heteroatoms. The lowest BCUT2D eigenvalue weighted by Gasteiger charge is -2.29. The van der Waals surface area contributed by atoms with Crippen LogP contribution in [0.25, 0.3) is 11.3 Å². The Bertz CT molecular complexity index is 918. The summed E-state index contributed by atoms with van der Waals surface area (Å²) in [5.74, 6) is 0.433. The zero-order valence-corrected chi connectivity index (χ0v) is 14.3. The van der Waals surface area contributed by atoms with Crippen LogP contribution in [0.1, 0.15) is 23.1 Å². The number of hydrogen-bond acceptors (Lipinski definition) is 3. The predicted octanol–water partition coefficient (Wildman–Crippen LogP) is 4.00. The zero-order valence-electron chi connectivity index (χ0n) is 14.3. The number of fused-ring (bicyclic) bond motifs is 1. The van der Waals surface area contributed by atoms with E-state index in [4.69, 9.17) is 4.52 Å². The summed E-state index contributed by atoms with van der Waals surface area (Å²) in [4.78, 5) is 14.5. The Morgan fingerprint density at radius 2 is 1.88 bits per heavy atom. The Balaban J connectivity index is 1.41. The van der Waals surface area contributed by atoms with Crippen LogP contribution in [0.4, 0.5) is 4.39 Å². The van der Waals surface area contributed by atoms with Crippen LogP contribution in [0.15, 0.2) is 59.3 Å². The average molecular weight is 350 g/mol. The van der Waals surface area contributed by atoms with Gasteiger partial charge in [0.15, 0.2) is 5.76 Å². The molecule has 0 N–H and O–H groups in total. The van der Waals surface area contributed by atoms with Crippen molar-refractivity contribution < 1.29 is 13.7 Å². The van der Waals surface area contributed by atoms with Crippen LogP contribution in [0, 0.1) is 5.82 Å². The van der Waals surface area contributed by atoms with E-state index in [9.17, 15) is 9.18 Å². The summed E-state index contributed by atoms with van der Waals surface area (Å²) >= 11 is 0. The molecular formula is C21H19FN2O2. The van der Waals surface area contributed by atoms with E-state index >= 15 is 0 Å². The lowest BCUT2D eigenvalue weighted by Crippen LogP contribution is -2.36. The number of benzene rings is 2. The molecule has 1 aliphatic heterocycles. The summed E-state index contributed by atoms with van der Waals surface area (Å²) in [5.41, 5.74) is 4.18. The number of aromatic nitrogens is 1. The number of carbonyl (C=O) groups is 1. The van der Waals surface area contributed by atoms with Crippen molar-refractivity contribution in [2.24, 2.45) is 0 Å². The van der Waals surface area contributed by atoms with Crippen molar-refractivity contribution >= 4 is 5.91 Å². The lowest BCUT2D eigenvalue weighted by atomic mass is 9.99. The van der Waals surface area contributed by atoms with E-state index in [0.717, 1.165) is 24.1 Å². The van der Waals surface area contributed by atoms with Gasteiger partial charge in [-0.15, -0.1) is 0 Å². The molecule has 1 amide bonds. The van der Waals surface area contributed by atoms with Crippen molar-refractivity contribution in [2.45, 2.75) is 25.8 Å². The van der Waals surface area contributed by atoms with Gasteiger partial charge in [-0.3, -0.25) is 4.79 Å². The molecule has 0 saturated carbocycles. The third-order valence-electron chi connectivity index (χ3n) is 4.84. The molecule has 26 heavy (non-hydrogen) atoms.